The van der Waals surface area contributed by atoms with E-state index in [9.17, 15) is 4.79 Å². The van der Waals surface area contributed by atoms with Crippen molar-refractivity contribution in [3.8, 4) is 0 Å². The van der Waals surface area contributed by atoms with Gasteiger partial charge in [0.25, 0.3) is 0 Å². The lowest BCUT2D eigenvalue weighted by atomic mass is 10.1. The molecule has 0 bridgehead atoms. The number of hydrogen-bond acceptors (Lipinski definition) is 2. The zero-order chi connectivity index (χ0) is 7.11. The topological polar surface area (TPSA) is 43.1 Å². The molecule has 0 unspecified atom stereocenters. The molecule has 1 atom stereocenters. The molecule has 53 valence electrons. The van der Waals surface area contributed by atoms with E-state index in [2.05, 4.69) is 15.9 Å². The fourth-order valence-electron chi connectivity index (χ4n) is 0.518. The molecule has 9 heavy (non-hydrogen) atoms. The molecule has 0 aliphatic rings. The first-order chi connectivity index (χ1) is 4.31. The third-order valence-corrected chi connectivity index (χ3v) is 1.61. The molecule has 0 aromatic heterocycles. The van der Waals surface area contributed by atoms with Gasteiger partial charge in [-0.05, 0) is 12.8 Å². The number of halogens is 1. The third kappa shape index (κ3) is 5.99. The molecule has 0 fully saturated rings. The summed E-state index contributed by atoms with van der Waals surface area (Å²) in [5.41, 5.74) is 5.27. The van der Waals surface area contributed by atoms with Gasteiger partial charge < -0.3 is 5.73 Å². The number of hydrogen-bond donors (Lipinski definition) is 1. The van der Waals surface area contributed by atoms with E-state index in [1.165, 1.54) is 0 Å². The summed E-state index contributed by atoms with van der Waals surface area (Å²) in [6, 6.07) is -0.371. The van der Waals surface area contributed by atoms with Gasteiger partial charge in [-0.1, -0.05) is 22.4 Å². The van der Waals surface area contributed by atoms with Gasteiger partial charge >= 0.3 is 0 Å². The van der Waals surface area contributed by atoms with Gasteiger partial charge in [0.05, 0.1) is 6.04 Å². The molecule has 0 saturated heterocycles. The number of carbonyl (C=O) groups excluding carboxylic acids is 1. The van der Waals surface area contributed by atoms with Crippen LogP contribution in [-0.2, 0) is 4.79 Å². The van der Waals surface area contributed by atoms with Crippen LogP contribution >= 0.6 is 15.9 Å². The minimum atomic E-state index is -0.371. The Hall–Kier alpha value is 0.110. The highest BCUT2D eigenvalue weighted by Gasteiger charge is 1.98. The molecule has 0 aliphatic carbocycles. The third-order valence-electron chi connectivity index (χ3n) is 1.05. The maximum absolute atomic E-state index is 9.84. The molecule has 0 rings (SSSR count). The van der Waals surface area contributed by atoms with Crippen molar-refractivity contribution in [2.45, 2.75) is 25.3 Å². The van der Waals surface area contributed by atoms with Crippen LogP contribution in [0.5, 0.6) is 0 Å². The lowest BCUT2D eigenvalue weighted by molar-refractivity contribution is 0.531. The van der Waals surface area contributed by atoms with Gasteiger partial charge in [0.1, 0.15) is 0 Å². The molecule has 3 heteroatoms. The van der Waals surface area contributed by atoms with Crippen LogP contribution < -0.4 is 5.73 Å². The SMILES string of the molecule is N[C@H]([C]=O)CCCCBr. The van der Waals surface area contributed by atoms with Crippen LogP contribution in [0.2, 0.25) is 0 Å². The largest absolute Gasteiger partial charge is 0.321 e. The predicted molar refractivity (Wildman–Crippen MR) is 41.3 cm³/mol. The zero-order valence-electron chi connectivity index (χ0n) is 5.27. The zero-order valence-corrected chi connectivity index (χ0v) is 6.86. The van der Waals surface area contributed by atoms with Gasteiger partial charge in [0.15, 0.2) is 0 Å². The summed E-state index contributed by atoms with van der Waals surface area (Å²) in [4.78, 5) is 9.84. The monoisotopic (exact) mass is 192 g/mol. The highest BCUT2D eigenvalue weighted by atomic mass is 79.9. The summed E-state index contributed by atoms with van der Waals surface area (Å²) < 4.78 is 0. The lowest BCUT2D eigenvalue weighted by Crippen LogP contribution is -2.20. The number of nitrogens with two attached hydrogens (primary N) is 1. The van der Waals surface area contributed by atoms with Crippen LogP contribution in [0.15, 0.2) is 0 Å². The van der Waals surface area contributed by atoms with E-state index in [0.29, 0.717) is 0 Å². The van der Waals surface area contributed by atoms with Gasteiger partial charge in [-0.15, -0.1) is 0 Å². The van der Waals surface area contributed by atoms with Crippen LogP contribution in [0.25, 0.3) is 0 Å². The predicted octanol–water partition coefficient (Wildman–Crippen LogP) is 0.989. The first kappa shape index (κ1) is 9.11. The molecule has 2 N–H and O–H groups in total. The average molecular weight is 193 g/mol. The average Bonchev–Trinajstić information content (AvgIpc) is 1.89. The molecule has 0 aromatic rings. The molecule has 0 aromatic carbocycles. The van der Waals surface area contributed by atoms with Gasteiger partial charge in [-0.2, -0.15) is 0 Å². The van der Waals surface area contributed by atoms with Crippen molar-refractivity contribution < 1.29 is 4.79 Å². The van der Waals surface area contributed by atoms with Crippen molar-refractivity contribution in [3.05, 3.63) is 0 Å². The van der Waals surface area contributed by atoms with Crippen LogP contribution in [-0.4, -0.2) is 17.7 Å². The van der Waals surface area contributed by atoms with Crippen molar-refractivity contribution >= 4 is 22.2 Å². The maximum atomic E-state index is 9.84. The van der Waals surface area contributed by atoms with Crippen LogP contribution in [0, 0.1) is 0 Å². The molecular weight excluding hydrogens is 182 g/mol. The molecule has 0 amide bonds. The van der Waals surface area contributed by atoms with E-state index in [1.807, 2.05) is 0 Å². The van der Waals surface area contributed by atoms with E-state index >= 15 is 0 Å². The molecular formula is C6H11BrNO. The second-order valence-corrected chi connectivity index (χ2v) is 2.70. The summed E-state index contributed by atoms with van der Waals surface area (Å²) in [7, 11) is 0. The van der Waals surface area contributed by atoms with Crippen LogP contribution in [0.1, 0.15) is 19.3 Å². The van der Waals surface area contributed by atoms with E-state index in [0.717, 1.165) is 24.6 Å². The van der Waals surface area contributed by atoms with Crippen molar-refractivity contribution in [2.75, 3.05) is 5.33 Å². The van der Waals surface area contributed by atoms with Gasteiger partial charge in [-0.3, -0.25) is 4.79 Å². The van der Waals surface area contributed by atoms with E-state index in [4.69, 9.17) is 5.73 Å². The molecule has 0 heterocycles. The van der Waals surface area contributed by atoms with Crippen molar-refractivity contribution in [1.29, 1.82) is 0 Å². The summed E-state index contributed by atoms with van der Waals surface area (Å²) in [5.74, 6) is 0. The first-order valence-corrected chi connectivity index (χ1v) is 4.12. The Labute approximate surface area is 63.9 Å². The van der Waals surface area contributed by atoms with Gasteiger partial charge in [0, 0.05) is 5.33 Å². The highest BCUT2D eigenvalue weighted by Crippen LogP contribution is 1.99. The Morgan fingerprint density at radius 1 is 1.56 bits per heavy atom. The number of rotatable bonds is 5. The second kappa shape index (κ2) is 6.23. The Morgan fingerprint density at radius 3 is 2.67 bits per heavy atom. The quantitative estimate of drug-likeness (QED) is 0.522. The fraction of sp³-hybridized carbons (Fsp3) is 0.833. The van der Waals surface area contributed by atoms with Crippen molar-refractivity contribution in [2.24, 2.45) is 5.73 Å². The van der Waals surface area contributed by atoms with Gasteiger partial charge in [-0.25, -0.2) is 0 Å². The lowest BCUT2D eigenvalue weighted by Gasteiger charge is -1.98. The minimum absolute atomic E-state index is 0.371. The minimum Gasteiger partial charge on any atom is -0.321 e. The molecule has 1 radical (unpaired) electrons. The van der Waals surface area contributed by atoms with Crippen LogP contribution in [0.3, 0.4) is 0 Å². The van der Waals surface area contributed by atoms with Crippen molar-refractivity contribution in [3.63, 3.8) is 0 Å². The molecule has 0 aliphatic heterocycles. The number of alkyl halides is 1. The fourth-order valence-corrected chi connectivity index (χ4v) is 0.914. The summed E-state index contributed by atoms with van der Waals surface area (Å²) in [6.07, 6.45) is 4.58. The van der Waals surface area contributed by atoms with E-state index < -0.39 is 0 Å². The Bertz CT molecular complexity index is 77.5. The standard InChI is InChI=1S/C6H11BrNO/c7-4-2-1-3-6(8)5-9/h6H,1-4,8H2/t6-/m0/s1. The smallest absolute Gasteiger partial charge is 0.216 e. The second-order valence-electron chi connectivity index (χ2n) is 1.91. The van der Waals surface area contributed by atoms with Crippen molar-refractivity contribution in [1.82, 2.24) is 0 Å². The maximum Gasteiger partial charge on any atom is 0.216 e. The Balaban J connectivity index is 2.96. The van der Waals surface area contributed by atoms with Gasteiger partial charge in [0.2, 0.25) is 6.29 Å². The summed E-state index contributed by atoms with van der Waals surface area (Å²) in [5, 5.41) is 0.985. The summed E-state index contributed by atoms with van der Waals surface area (Å²) >= 11 is 3.28. The first-order valence-electron chi connectivity index (χ1n) is 3.00. The van der Waals surface area contributed by atoms with Crippen LogP contribution in [0.4, 0.5) is 0 Å². The molecule has 0 spiro atoms. The molecule has 0 saturated carbocycles. The molecule has 2 nitrogen and oxygen atoms in total. The Kier molecular flexibility index (Phi) is 6.31. The van der Waals surface area contributed by atoms with E-state index in [1.54, 1.807) is 6.29 Å². The summed E-state index contributed by atoms with van der Waals surface area (Å²) in [6.45, 7) is 0. The van der Waals surface area contributed by atoms with E-state index in [-0.39, 0.29) is 6.04 Å². The normalized spacial score (nSPS) is 13.1. The highest BCUT2D eigenvalue weighted by molar-refractivity contribution is 9.09. The Morgan fingerprint density at radius 2 is 2.22 bits per heavy atom. The number of unbranched alkanes of at least 4 members (excludes halogenated alkanes) is 1.